The molecule has 1 aliphatic rings. The third-order valence-electron chi connectivity index (χ3n) is 3.31. The van der Waals surface area contributed by atoms with Crippen LogP contribution < -0.4 is 0 Å². The lowest BCUT2D eigenvalue weighted by Gasteiger charge is -2.31. The van der Waals surface area contributed by atoms with Gasteiger partial charge in [0.1, 0.15) is 5.41 Å². The van der Waals surface area contributed by atoms with Crippen molar-refractivity contribution in [3.8, 4) is 0 Å². The van der Waals surface area contributed by atoms with Crippen LogP contribution in [0.2, 0.25) is 0 Å². The van der Waals surface area contributed by atoms with Gasteiger partial charge in [-0.15, -0.1) is 0 Å². The Hall–Kier alpha value is -1.32. The second-order valence-electron chi connectivity index (χ2n) is 4.37. The molecule has 1 aliphatic carbocycles. The molecule has 0 radical (unpaired) electrons. The zero-order valence-electron chi connectivity index (χ0n) is 8.94. The van der Waals surface area contributed by atoms with E-state index >= 15 is 0 Å². The zero-order valence-corrected chi connectivity index (χ0v) is 8.94. The molecule has 0 amide bonds. The lowest BCUT2D eigenvalue weighted by molar-refractivity contribution is -0.145. The highest BCUT2D eigenvalue weighted by Gasteiger charge is 2.43. The van der Waals surface area contributed by atoms with Crippen molar-refractivity contribution in [3.63, 3.8) is 0 Å². The highest BCUT2D eigenvalue weighted by Crippen LogP contribution is 2.38. The summed E-state index contributed by atoms with van der Waals surface area (Å²) in [6.45, 7) is 0. The van der Waals surface area contributed by atoms with Gasteiger partial charge in [0, 0.05) is 13.2 Å². The summed E-state index contributed by atoms with van der Waals surface area (Å²) < 4.78 is 1.81. The number of aromatic nitrogens is 2. The summed E-state index contributed by atoms with van der Waals surface area (Å²) >= 11 is 0. The molecule has 4 nitrogen and oxygen atoms in total. The smallest absolute Gasteiger partial charge is 0.315 e. The van der Waals surface area contributed by atoms with Crippen molar-refractivity contribution in [1.29, 1.82) is 0 Å². The first-order chi connectivity index (χ1) is 7.15. The largest absolute Gasteiger partial charge is 0.481 e. The Balaban J connectivity index is 2.37. The average molecular weight is 208 g/mol. The van der Waals surface area contributed by atoms with Gasteiger partial charge in [-0.2, -0.15) is 0 Å². The van der Waals surface area contributed by atoms with Crippen LogP contribution in [0, 0.1) is 0 Å². The van der Waals surface area contributed by atoms with E-state index < -0.39 is 11.4 Å². The van der Waals surface area contributed by atoms with E-state index in [1.807, 2.05) is 17.8 Å². The summed E-state index contributed by atoms with van der Waals surface area (Å²) in [6, 6.07) is 0. The summed E-state index contributed by atoms with van der Waals surface area (Å²) in [6.07, 6.45) is 8.07. The first-order valence-corrected chi connectivity index (χ1v) is 5.37. The Morgan fingerprint density at radius 1 is 1.47 bits per heavy atom. The molecular formula is C11H16N2O2. The standard InChI is InChI=1S/C11H16N2O2/c1-13-7-9(12-8-13)11(10(14)15)5-3-2-4-6-11/h7-8H,2-6H2,1H3,(H,14,15). The summed E-state index contributed by atoms with van der Waals surface area (Å²) in [5.41, 5.74) is -0.00308. The molecule has 1 fully saturated rings. The van der Waals surface area contributed by atoms with E-state index in [4.69, 9.17) is 0 Å². The average Bonchev–Trinajstić information content (AvgIpc) is 2.66. The van der Waals surface area contributed by atoms with Crippen LogP contribution in [0.25, 0.3) is 0 Å². The molecule has 1 heterocycles. The van der Waals surface area contributed by atoms with E-state index in [1.54, 1.807) is 6.33 Å². The van der Waals surface area contributed by atoms with Crippen molar-refractivity contribution in [1.82, 2.24) is 9.55 Å². The zero-order chi connectivity index (χ0) is 10.9. The van der Waals surface area contributed by atoms with Crippen LogP contribution >= 0.6 is 0 Å². The van der Waals surface area contributed by atoms with E-state index in [1.165, 1.54) is 0 Å². The van der Waals surface area contributed by atoms with E-state index in [-0.39, 0.29) is 0 Å². The van der Waals surface area contributed by atoms with Gasteiger partial charge < -0.3 is 9.67 Å². The second kappa shape index (κ2) is 3.68. The lowest BCUT2D eigenvalue weighted by atomic mass is 9.72. The minimum atomic E-state index is -0.723. The predicted molar refractivity (Wildman–Crippen MR) is 55.6 cm³/mol. The minimum Gasteiger partial charge on any atom is -0.481 e. The quantitative estimate of drug-likeness (QED) is 0.804. The van der Waals surface area contributed by atoms with Gasteiger partial charge in [-0.05, 0) is 12.8 Å². The summed E-state index contributed by atoms with van der Waals surface area (Å²) in [7, 11) is 1.87. The van der Waals surface area contributed by atoms with Crippen LogP contribution in [-0.2, 0) is 17.3 Å². The van der Waals surface area contributed by atoms with E-state index in [9.17, 15) is 9.90 Å². The van der Waals surface area contributed by atoms with Crippen molar-refractivity contribution in [2.45, 2.75) is 37.5 Å². The summed E-state index contributed by atoms with van der Waals surface area (Å²) in [5, 5.41) is 9.40. The normalized spacial score (nSPS) is 20.1. The fraction of sp³-hybridized carbons (Fsp3) is 0.636. The molecule has 0 aliphatic heterocycles. The number of carboxylic acid groups (broad SMARTS) is 1. The maximum Gasteiger partial charge on any atom is 0.315 e. The Morgan fingerprint density at radius 3 is 2.60 bits per heavy atom. The fourth-order valence-electron chi connectivity index (χ4n) is 2.39. The maximum atomic E-state index is 11.4. The number of nitrogens with zero attached hydrogens (tertiary/aromatic N) is 2. The first kappa shape index (κ1) is 10.2. The number of aliphatic carboxylic acids is 1. The fourth-order valence-corrected chi connectivity index (χ4v) is 2.39. The molecule has 0 aromatic carbocycles. The minimum absolute atomic E-state index is 0.720. The van der Waals surface area contributed by atoms with Gasteiger partial charge in [-0.25, -0.2) is 4.98 Å². The summed E-state index contributed by atoms with van der Waals surface area (Å²) in [4.78, 5) is 15.7. The molecule has 1 saturated carbocycles. The Kier molecular flexibility index (Phi) is 2.50. The number of imidazole rings is 1. The molecule has 4 heteroatoms. The van der Waals surface area contributed by atoms with Gasteiger partial charge in [0.25, 0.3) is 0 Å². The molecule has 0 unspecified atom stereocenters. The number of aryl methyl sites for hydroxylation is 1. The highest BCUT2D eigenvalue weighted by atomic mass is 16.4. The SMILES string of the molecule is Cn1cnc(C2(C(=O)O)CCCCC2)c1. The molecule has 0 spiro atoms. The van der Waals surface area contributed by atoms with Gasteiger partial charge in [0.05, 0.1) is 12.0 Å². The van der Waals surface area contributed by atoms with Crippen LogP contribution in [0.4, 0.5) is 0 Å². The first-order valence-electron chi connectivity index (χ1n) is 5.37. The number of rotatable bonds is 2. The number of carbonyl (C=O) groups is 1. The third kappa shape index (κ3) is 1.64. The van der Waals surface area contributed by atoms with Gasteiger partial charge in [-0.3, -0.25) is 4.79 Å². The molecule has 15 heavy (non-hydrogen) atoms. The van der Waals surface area contributed by atoms with Crippen molar-refractivity contribution in [2.75, 3.05) is 0 Å². The van der Waals surface area contributed by atoms with Crippen LogP contribution in [0.5, 0.6) is 0 Å². The second-order valence-corrected chi connectivity index (χ2v) is 4.37. The monoisotopic (exact) mass is 208 g/mol. The number of carboxylic acids is 1. The molecule has 0 saturated heterocycles. The van der Waals surface area contributed by atoms with Crippen LogP contribution in [0.15, 0.2) is 12.5 Å². The molecule has 82 valence electrons. The van der Waals surface area contributed by atoms with Gasteiger partial charge in [-0.1, -0.05) is 19.3 Å². The molecule has 1 aromatic heterocycles. The van der Waals surface area contributed by atoms with Crippen LogP contribution in [-0.4, -0.2) is 20.6 Å². The maximum absolute atomic E-state index is 11.4. The highest BCUT2D eigenvalue weighted by molar-refractivity contribution is 5.80. The van der Waals surface area contributed by atoms with Gasteiger partial charge in [0.2, 0.25) is 0 Å². The molecule has 1 aromatic rings. The third-order valence-corrected chi connectivity index (χ3v) is 3.31. The molecule has 0 bridgehead atoms. The van der Waals surface area contributed by atoms with Crippen molar-refractivity contribution in [3.05, 3.63) is 18.2 Å². The van der Waals surface area contributed by atoms with E-state index in [2.05, 4.69) is 4.98 Å². The molecule has 0 atom stereocenters. The Bertz CT molecular complexity index is 364. The van der Waals surface area contributed by atoms with Crippen molar-refractivity contribution < 1.29 is 9.90 Å². The molecule has 2 rings (SSSR count). The van der Waals surface area contributed by atoms with Gasteiger partial charge >= 0.3 is 5.97 Å². The number of hydrogen-bond donors (Lipinski definition) is 1. The Morgan fingerprint density at radius 2 is 2.13 bits per heavy atom. The van der Waals surface area contributed by atoms with Crippen molar-refractivity contribution in [2.24, 2.45) is 7.05 Å². The Labute approximate surface area is 88.9 Å². The van der Waals surface area contributed by atoms with E-state index in [0.717, 1.165) is 37.8 Å². The van der Waals surface area contributed by atoms with Crippen LogP contribution in [0.1, 0.15) is 37.8 Å². The molecular weight excluding hydrogens is 192 g/mol. The van der Waals surface area contributed by atoms with Gasteiger partial charge in [0.15, 0.2) is 0 Å². The van der Waals surface area contributed by atoms with E-state index in [0.29, 0.717) is 0 Å². The van der Waals surface area contributed by atoms with Crippen molar-refractivity contribution >= 4 is 5.97 Å². The predicted octanol–water partition coefficient (Wildman–Crippen LogP) is 1.71. The topological polar surface area (TPSA) is 55.1 Å². The lowest BCUT2D eigenvalue weighted by Crippen LogP contribution is -2.38. The summed E-state index contributed by atoms with van der Waals surface area (Å²) in [5.74, 6) is -0.721. The van der Waals surface area contributed by atoms with Crippen LogP contribution in [0.3, 0.4) is 0 Å². The molecule has 1 N–H and O–H groups in total. The number of hydrogen-bond acceptors (Lipinski definition) is 2.